The maximum absolute atomic E-state index is 13.0. The maximum Gasteiger partial charge on any atom is 0.335 e. The summed E-state index contributed by atoms with van der Waals surface area (Å²) in [7, 11) is 0. The first-order valence-corrected chi connectivity index (χ1v) is 38.6. The molecule has 0 spiro atoms. The number of nitro groups is 5. The van der Waals surface area contributed by atoms with Gasteiger partial charge in [-0.25, -0.2) is 14.6 Å². The molecule has 0 aliphatic rings. The number of benzene rings is 10. The molecule has 0 unspecified atom stereocenters. The van der Waals surface area contributed by atoms with Crippen molar-refractivity contribution in [3.05, 3.63) is 318 Å². The Labute approximate surface area is 744 Å². The number of hydrogen-bond donors (Lipinski definition) is 19. The number of carboxylic acids is 4. The van der Waals surface area contributed by atoms with Gasteiger partial charge in [-0.2, -0.15) is 0 Å². The second kappa shape index (κ2) is 45.3. The summed E-state index contributed by atoms with van der Waals surface area (Å²) in [6.45, 7) is 1.91. The van der Waals surface area contributed by atoms with Crippen LogP contribution in [0.15, 0.2) is 212 Å². The number of aryl methyl sites for hydroxylation is 3. The van der Waals surface area contributed by atoms with E-state index in [9.17, 15) is 145 Å². The van der Waals surface area contributed by atoms with Crippen LogP contribution in [0.4, 0.5) is 56.9 Å². The molecule has 0 atom stereocenters. The molecule has 12 aromatic rings. The third-order valence-corrected chi connectivity index (χ3v) is 19.4. The van der Waals surface area contributed by atoms with E-state index < -0.39 is 158 Å². The molecule has 132 heavy (non-hydrogen) atoms. The summed E-state index contributed by atoms with van der Waals surface area (Å²) in [6.07, 6.45) is -0.825. The number of phenols is 10. The second-order valence-electron chi connectivity index (χ2n) is 27.6. The lowest BCUT2D eigenvalue weighted by Gasteiger charge is -2.11. The van der Waals surface area contributed by atoms with Crippen LogP contribution in [0.25, 0.3) is 21.7 Å². The minimum absolute atomic E-state index is 0.00675. The summed E-state index contributed by atoms with van der Waals surface area (Å²) in [5.41, 5.74) is 1.73. The van der Waals surface area contributed by atoms with Crippen LogP contribution in [-0.2, 0) is 67.3 Å². The monoisotopic (exact) mass is 1830 g/mol. The zero-order valence-electron chi connectivity index (χ0n) is 68.0. The smallest absolute Gasteiger partial charge is 0.335 e. The van der Waals surface area contributed by atoms with Gasteiger partial charge in [0.15, 0.2) is 28.7 Å². The number of nitrogens with zero attached hydrogens (tertiary/aromatic N) is 6. The lowest BCUT2D eigenvalue weighted by molar-refractivity contribution is -0.386. The number of hydrogen-bond acceptors (Lipinski definition) is 31. The SMILES string of the molecule is Cc1cccc(NC(=O)CCc2ccc([N+](=O)[O-])c(O)c2O)c1.O=C(CCc1ccc([N+](=O)[O-])c(O)c1O)Nc1cccc(C(=O)O)c1.O=C(Cc1ccc([N+](=O)[O-])c(O)c1O)Nc1cccc(C(=O)O)c1.O=C(O)Cc1ccc(-c2ccccc2NC(=O)c2cccc(-c3ccc([N+](=O)[O-])c(O)c3O)n2)s1.O=C(O)Cc1cccc(NC(=O)Cc2ccc([N+](=O)[O-])c(O)c2O)c1. The highest BCUT2D eigenvalue weighted by Gasteiger charge is 2.28. The van der Waals surface area contributed by atoms with Crippen molar-refractivity contribution in [1.82, 2.24) is 4.98 Å². The van der Waals surface area contributed by atoms with E-state index in [0.29, 0.717) is 38.8 Å². The average Bonchev–Trinajstić information content (AvgIpc) is 0.820. The molecule has 0 saturated carbocycles. The molecule has 2 aromatic heterocycles. The molecule has 0 fully saturated rings. The van der Waals surface area contributed by atoms with Gasteiger partial charge in [-0.1, -0.05) is 60.7 Å². The number of para-hydroxylation sites is 1. The fourth-order valence-corrected chi connectivity index (χ4v) is 13.0. The molecular formula is C87H73N11O33S. The molecule has 0 aliphatic heterocycles. The Bertz CT molecular complexity index is 6520. The standard InChI is InChI=1S/C24H17N3O7S.2C16H14N2O7.C16H16N2O5.C15H12N2O7/c28-21(29)12-13-8-11-20(35-13)14-4-1-2-5-16(14)26-24(32)18-7-3-6-17(25-18)15-9-10-19(27(33)34)23(31)22(15)30;19-13(17-11-3-1-2-10(8-11)16(22)23)7-5-9-4-6-12(18(24)25)15(21)14(9)20;19-13(17-11-3-1-2-9(6-11)7-14(20)21)8-10-4-5-12(18(24)25)16(23)15(10)22;1-10-3-2-4-12(9-10)17-14(19)8-6-11-5-7-13(18(22)23)16(21)15(11)20;18-12(16-10-3-1-2-9(6-10)15(21)22)7-8-4-5-11(17(23)24)14(20)13(8)19/h1-11,30-31H,12H2,(H,26,32)(H,28,29);1-4,6,8,20-21H,5,7H2,(H,17,19)(H,22,23);1-6,22-23H,7-8H2,(H,17,19)(H,20,21);2-5,7,9,20-21H,6,8H2,1H3,(H,17,19);1-6,19-20H,7H2,(H,16,18)(H,21,22). The van der Waals surface area contributed by atoms with Gasteiger partial charge >= 0.3 is 52.3 Å². The molecule has 44 nitrogen and oxygen atoms in total. The number of anilines is 5. The van der Waals surface area contributed by atoms with Gasteiger partial charge < -0.3 is 98.1 Å². The van der Waals surface area contributed by atoms with Crippen LogP contribution in [0.5, 0.6) is 57.5 Å². The van der Waals surface area contributed by atoms with Crippen LogP contribution in [0.2, 0.25) is 0 Å². The van der Waals surface area contributed by atoms with Gasteiger partial charge in [0.1, 0.15) is 5.69 Å². The molecule has 12 rings (SSSR count). The average molecular weight is 1830 g/mol. The van der Waals surface area contributed by atoms with Gasteiger partial charge in [0.2, 0.25) is 52.4 Å². The molecule has 19 N–H and O–H groups in total. The summed E-state index contributed by atoms with van der Waals surface area (Å²) in [6, 6.07) is 51.1. The number of aromatic hydroxyl groups is 10. The number of carboxylic acid groups (broad SMARTS) is 4. The van der Waals surface area contributed by atoms with Gasteiger partial charge in [0.25, 0.3) is 5.91 Å². The summed E-state index contributed by atoms with van der Waals surface area (Å²) >= 11 is 1.31. The Morgan fingerprint density at radius 2 is 0.720 bits per heavy atom. The van der Waals surface area contributed by atoms with Crippen LogP contribution >= 0.6 is 11.3 Å². The Morgan fingerprint density at radius 3 is 1.15 bits per heavy atom. The van der Waals surface area contributed by atoms with Crippen LogP contribution in [0.1, 0.15) is 82.3 Å². The molecule has 0 bridgehead atoms. The first-order valence-electron chi connectivity index (χ1n) is 37.8. The van der Waals surface area contributed by atoms with Crippen molar-refractivity contribution in [2.75, 3.05) is 26.6 Å². The Kier molecular flexibility index (Phi) is 33.8. The predicted octanol–water partition coefficient (Wildman–Crippen LogP) is 13.5. The highest BCUT2D eigenvalue weighted by molar-refractivity contribution is 7.15. The van der Waals surface area contributed by atoms with Crippen LogP contribution in [-0.4, -0.2) is 155 Å². The highest BCUT2D eigenvalue weighted by atomic mass is 32.1. The number of nitro benzene ring substituents is 5. The summed E-state index contributed by atoms with van der Waals surface area (Å²) in [4.78, 5) is 159. The minimum atomic E-state index is -1.15. The number of amides is 5. The fourth-order valence-electron chi connectivity index (χ4n) is 11.9. The first kappa shape index (κ1) is 98.7. The summed E-state index contributed by atoms with van der Waals surface area (Å²) < 4.78 is 0. The Hall–Kier alpha value is -18.7. The number of carbonyl (C=O) groups is 9. The van der Waals surface area contributed by atoms with Gasteiger partial charge in [-0.15, -0.1) is 11.3 Å². The molecule has 0 radical (unpaired) electrons. The molecule has 10 aromatic carbocycles. The van der Waals surface area contributed by atoms with Gasteiger partial charge in [-0.05, 0) is 163 Å². The largest absolute Gasteiger partial charge is 0.504 e. The van der Waals surface area contributed by atoms with Crippen LogP contribution in [0, 0.1) is 57.5 Å². The number of carbonyl (C=O) groups excluding carboxylic acids is 5. The molecular weight excluding hydrogens is 1760 g/mol. The van der Waals surface area contributed by atoms with Crippen LogP contribution < -0.4 is 26.6 Å². The van der Waals surface area contributed by atoms with Gasteiger partial charge in [0.05, 0.1) is 67.1 Å². The molecule has 0 aliphatic carbocycles. The fraction of sp³-hybridized carbons (Fsp3) is 0.103. The number of aromatic carboxylic acids is 2. The van der Waals surface area contributed by atoms with Gasteiger partial charge in [0, 0.05) is 104 Å². The number of pyridine rings is 1. The van der Waals surface area contributed by atoms with Crippen molar-refractivity contribution in [3.63, 3.8) is 0 Å². The number of aromatic nitrogens is 1. The second-order valence-corrected chi connectivity index (χ2v) is 28.8. The molecule has 2 heterocycles. The first-order chi connectivity index (χ1) is 62.5. The molecule has 680 valence electrons. The molecule has 5 amide bonds. The molecule has 0 saturated heterocycles. The van der Waals surface area contributed by atoms with Crippen molar-refractivity contribution in [2.24, 2.45) is 0 Å². The van der Waals surface area contributed by atoms with Crippen molar-refractivity contribution < 1.29 is 139 Å². The van der Waals surface area contributed by atoms with Crippen molar-refractivity contribution >= 4 is 122 Å². The highest BCUT2D eigenvalue weighted by Crippen LogP contribution is 2.45. The Morgan fingerprint density at radius 1 is 0.341 bits per heavy atom. The maximum atomic E-state index is 13.0. The topological polar surface area (TPSA) is 726 Å². The lowest BCUT2D eigenvalue weighted by Crippen LogP contribution is -2.15. The third kappa shape index (κ3) is 27.4. The minimum Gasteiger partial charge on any atom is -0.504 e. The third-order valence-electron chi connectivity index (χ3n) is 18.3. The quantitative estimate of drug-likeness (QED) is 0.0118. The molecule has 45 heteroatoms. The normalized spacial score (nSPS) is 10.3. The zero-order chi connectivity index (χ0) is 97.1. The van der Waals surface area contributed by atoms with Gasteiger partial charge in [-0.3, -0.25) is 84.1 Å². The van der Waals surface area contributed by atoms with E-state index in [1.54, 1.807) is 60.7 Å². The van der Waals surface area contributed by atoms with E-state index in [1.807, 2.05) is 25.1 Å². The van der Waals surface area contributed by atoms with E-state index in [1.165, 1.54) is 108 Å². The number of phenolic OH excluding ortho intramolecular Hbond substituents is 10. The number of thiophene rings is 1. The Balaban J connectivity index is 0.000000205. The van der Waals surface area contributed by atoms with E-state index in [2.05, 4.69) is 31.6 Å². The summed E-state index contributed by atoms with van der Waals surface area (Å²) in [5, 5.41) is 200. The van der Waals surface area contributed by atoms with Crippen LogP contribution in [0.3, 0.4) is 0 Å². The predicted molar refractivity (Wildman–Crippen MR) is 469 cm³/mol. The van der Waals surface area contributed by atoms with Crippen molar-refractivity contribution in [3.8, 4) is 79.2 Å². The number of nitrogens with one attached hydrogen (secondary N) is 5. The summed E-state index contributed by atoms with van der Waals surface area (Å²) in [5.74, 6) is -14.4. The van der Waals surface area contributed by atoms with E-state index >= 15 is 0 Å². The number of aliphatic carboxylic acids is 2. The van der Waals surface area contributed by atoms with E-state index in [4.69, 9.17) is 20.4 Å². The van der Waals surface area contributed by atoms with Crippen molar-refractivity contribution in [2.45, 2.75) is 58.3 Å². The van der Waals surface area contributed by atoms with E-state index in [0.717, 1.165) is 46.8 Å². The zero-order valence-corrected chi connectivity index (χ0v) is 68.8. The number of rotatable bonds is 29. The van der Waals surface area contributed by atoms with Crippen molar-refractivity contribution in [1.29, 1.82) is 0 Å². The van der Waals surface area contributed by atoms with E-state index in [-0.39, 0.29) is 113 Å². The lowest BCUT2D eigenvalue weighted by atomic mass is 10.1.